The van der Waals surface area contributed by atoms with E-state index in [1.165, 1.54) is 5.56 Å². The number of hydrogen-bond donors (Lipinski definition) is 1. The van der Waals surface area contributed by atoms with Crippen LogP contribution in [0.15, 0.2) is 18.2 Å². The number of hydrogen-bond acceptors (Lipinski definition) is 1. The molecule has 0 aromatic heterocycles. The summed E-state index contributed by atoms with van der Waals surface area (Å²) in [7, 11) is 0. The summed E-state index contributed by atoms with van der Waals surface area (Å²) in [6, 6.07) is 5.72. The minimum atomic E-state index is 0. The van der Waals surface area contributed by atoms with Crippen LogP contribution >= 0.6 is 35.0 Å². The van der Waals surface area contributed by atoms with Crippen LogP contribution in [-0.2, 0) is 0 Å². The van der Waals surface area contributed by atoms with Gasteiger partial charge in [-0.15, -0.1) is 12.4 Å². The van der Waals surface area contributed by atoms with Crippen LogP contribution in [0.1, 0.15) is 25.3 Å². The molecule has 12 heavy (non-hydrogen) atoms. The second-order valence-corrected chi connectivity index (χ2v) is 4.03. The van der Waals surface area contributed by atoms with Gasteiger partial charge in [0.05, 0.1) is 3.57 Å². The van der Waals surface area contributed by atoms with Crippen LogP contribution in [0.2, 0.25) is 0 Å². The fourth-order valence-electron chi connectivity index (χ4n) is 0.882. The monoisotopic (exact) mass is 298 g/mol. The molecule has 1 N–H and O–H groups in total. The minimum Gasteiger partial charge on any atom is -0.507 e. The highest BCUT2D eigenvalue weighted by Crippen LogP contribution is 2.23. The Morgan fingerprint density at radius 1 is 1.33 bits per heavy atom. The molecule has 0 saturated carbocycles. The summed E-state index contributed by atoms with van der Waals surface area (Å²) in [5, 5.41) is 9.22. The van der Waals surface area contributed by atoms with Crippen molar-refractivity contribution in [2.75, 3.05) is 0 Å². The topological polar surface area (TPSA) is 20.2 Å². The van der Waals surface area contributed by atoms with Gasteiger partial charge < -0.3 is 5.11 Å². The van der Waals surface area contributed by atoms with Crippen LogP contribution in [0.3, 0.4) is 0 Å². The van der Waals surface area contributed by atoms with Gasteiger partial charge in [-0.1, -0.05) is 19.9 Å². The molecule has 0 saturated heterocycles. The van der Waals surface area contributed by atoms with E-state index in [1.807, 2.05) is 12.1 Å². The first-order valence-electron chi connectivity index (χ1n) is 3.59. The Balaban J connectivity index is 0.00000121. The first-order valence-corrected chi connectivity index (χ1v) is 4.67. The highest BCUT2D eigenvalue weighted by Gasteiger charge is 2.01. The summed E-state index contributed by atoms with van der Waals surface area (Å²) in [4.78, 5) is 0. The van der Waals surface area contributed by atoms with Gasteiger partial charge in [-0.05, 0) is 46.2 Å². The Hall–Kier alpha value is 0.0400. The van der Waals surface area contributed by atoms with Crippen molar-refractivity contribution in [3.63, 3.8) is 0 Å². The van der Waals surface area contributed by atoms with E-state index in [0.717, 1.165) is 3.57 Å². The largest absolute Gasteiger partial charge is 0.507 e. The van der Waals surface area contributed by atoms with Crippen LogP contribution in [0, 0.1) is 3.57 Å². The summed E-state index contributed by atoms with van der Waals surface area (Å²) in [6.07, 6.45) is 0. The lowest BCUT2D eigenvalue weighted by Gasteiger charge is -2.05. The molecule has 1 aromatic rings. The van der Waals surface area contributed by atoms with Crippen molar-refractivity contribution in [2.45, 2.75) is 19.8 Å². The average Bonchev–Trinajstić information content (AvgIpc) is 1.94. The molecule has 0 aliphatic rings. The third-order valence-electron chi connectivity index (χ3n) is 1.64. The fraction of sp³-hybridized carbons (Fsp3) is 0.333. The zero-order valence-corrected chi connectivity index (χ0v) is 10.0. The molecule has 1 nitrogen and oxygen atoms in total. The van der Waals surface area contributed by atoms with Crippen molar-refractivity contribution in [2.24, 2.45) is 0 Å². The molecule has 0 atom stereocenters. The van der Waals surface area contributed by atoms with Gasteiger partial charge in [0, 0.05) is 0 Å². The lowest BCUT2D eigenvalue weighted by atomic mass is 10.0. The van der Waals surface area contributed by atoms with Crippen molar-refractivity contribution in [3.8, 4) is 5.75 Å². The quantitative estimate of drug-likeness (QED) is 0.786. The molecule has 0 radical (unpaired) electrons. The van der Waals surface area contributed by atoms with E-state index in [2.05, 4.69) is 36.4 Å². The molecule has 0 heterocycles. The van der Waals surface area contributed by atoms with Crippen LogP contribution in [0.5, 0.6) is 5.75 Å². The predicted molar refractivity (Wildman–Crippen MR) is 62.2 cm³/mol. The number of benzene rings is 1. The van der Waals surface area contributed by atoms with Gasteiger partial charge in [0.25, 0.3) is 0 Å². The van der Waals surface area contributed by atoms with Gasteiger partial charge in [-0.3, -0.25) is 0 Å². The Kier molecular flexibility index (Phi) is 4.94. The number of aromatic hydroxyl groups is 1. The standard InChI is InChI=1S/C9H11IO.ClH/c1-6(2)7-3-4-9(11)8(10)5-7;/h3-6,11H,1-2H3;1H. The SMILES string of the molecule is CC(C)c1ccc(O)c(I)c1.Cl. The lowest BCUT2D eigenvalue weighted by Crippen LogP contribution is -1.87. The summed E-state index contributed by atoms with van der Waals surface area (Å²) >= 11 is 2.13. The molecule has 3 heteroatoms. The molecule has 0 aliphatic carbocycles. The third-order valence-corrected chi connectivity index (χ3v) is 2.50. The number of halogens is 2. The van der Waals surface area contributed by atoms with E-state index in [-0.39, 0.29) is 12.4 Å². The van der Waals surface area contributed by atoms with Crippen LogP contribution in [0.25, 0.3) is 0 Å². The average molecular weight is 299 g/mol. The first kappa shape index (κ1) is 12.0. The van der Waals surface area contributed by atoms with Gasteiger partial charge in [-0.2, -0.15) is 0 Å². The van der Waals surface area contributed by atoms with Gasteiger partial charge in [0.2, 0.25) is 0 Å². The van der Waals surface area contributed by atoms with Crippen molar-refractivity contribution < 1.29 is 5.11 Å². The molecular formula is C9H12ClIO. The number of rotatable bonds is 1. The lowest BCUT2D eigenvalue weighted by molar-refractivity contribution is 0.471. The summed E-state index contributed by atoms with van der Waals surface area (Å²) in [5.74, 6) is 0.902. The van der Waals surface area contributed by atoms with Crippen LogP contribution < -0.4 is 0 Å². The molecule has 0 spiro atoms. The van der Waals surface area contributed by atoms with Crippen LogP contribution in [-0.4, -0.2) is 5.11 Å². The third kappa shape index (κ3) is 2.83. The maximum absolute atomic E-state index is 9.22. The second kappa shape index (κ2) is 4.92. The minimum absolute atomic E-state index is 0. The normalized spacial score (nSPS) is 9.67. The van der Waals surface area contributed by atoms with E-state index < -0.39 is 0 Å². The summed E-state index contributed by atoms with van der Waals surface area (Å²) < 4.78 is 0.925. The van der Waals surface area contributed by atoms with Crippen molar-refractivity contribution >= 4 is 35.0 Å². The summed E-state index contributed by atoms with van der Waals surface area (Å²) in [6.45, 7) is 4.28. The van der Waals surface area contributed by atoms with Gasteiger partial charge in [0.1, 0.15) is 5.75 Å². The molecule has 0 amide bonds. The smallest absolute Gasteiger partial charge is 0.128 e. The van der Waals surface area contributed by atoms with Crippen molar-refractivity contribution in [3.05, 3.63) is 27.3 Å². The number of phenolic OH excluding ortho intramolecular Hbond substituents is 1. The molecule has 0 aliphatic heterocycles. The van der Waals surface area contributed by atoms with Gasteiger partial charge in [-0.25, -0.2) is 0 Å². The predicted octanol–water partition coefficient (Wildman–Crippen LogP) is 3.54. The number of phenols is 1. The van der Waals surface area contributed by atoms with Gasteiger partial charge in [0.15, 0.2) is 0 Å². The highest BCUT2D eigenvalue weighted by atomic mass is 127. The Bertz CT molecular complexity index is 261. The maximum Gasteiger partial charge on any atom is 0.128 e. The summed E-state index contributed by atoms with van der Waals surface area (Å²) in [5.41, 5.74) is 1.27. The molecule has 1 aromatic carbocycles. The van der Waals surface area contributed by atoms with E-state index in [4.69, 9.17) is 0 Å². The highest BCUT2D eigenvalue weighted by molar-refractivity contribution is 14.1. The van der Waals surface area contributed by atoms with E-state index in [9.17, 15) is 5.11 Å². The first-order chi connectivity index (χ1) is 5.11. The Labute approximate surface area is 92.7 Å². The molecule has 0 unspecified atom stereocenters. The molecule has 68 valence electrons. The van der Waals surface area contributed by atoms with E-state index >= 15 is 0 Å². The van der Waals surface area contributed by atoms with Crippen molar-refractivity contribution in [1.82, 2.24) is 0 Å². The maximum atomic E-state index is 9.22. The molecular weight excluding hydrogens is 286 g/mol. The van der Waals surface area contributed by atoms with E-state index in [0.29, 0.717) is 11.7 Å². The van der Waals surface area contributed by atoms with Crippen molar-refractivity contribution in [1.29, 1.82) is 0 Å². The van der Waals surface area contributed by atoms with E-state index in [1.54, 1.807) is 6.07 Å². The zero-order valence-electron chi connectivity index (χ0n) is 7.04. The van der Waals surface area contributed by atoms with Gasteiger partial charge >= 0.3 is 0 Å². The zero-order chi connectivity index (χ0) is 8.43. The molecule has 0 bridgehead atoms. The Morgan fingerprint density at radius 2 is 1.92 bits per heavy atom. The Morgan fingerprint density at radius 3 is 2.33 bits per heavy atom. The fourth-order valence-corrected chi connectivity index (χ4v) is 1.42. The molecule has 0 fully saturated rings. The molecule has 1 rings (SSSR count). The van der Waals surface area contributed by atoms with Crippen LogP contribution in [0.4, 0.5) is 0 Å². The second-order valence-electron chi connectivity index (χ2n) is 2.87.